The molecule has 0 fully saturated rings. The van der Waals surface area contributed by atoms with Gasteiger partial charge >= 0.3 is 0 Å². The van der Waals surface area contributed by atoms with Gasteiger partial charge in [0, 0.05) is 6.04 Å². The number of unbranched alkanes of at least 4 members (excludes halogenated alkanes) is 1. The second-order valence-electron chi connectivity index (χ2n) is 4.10. The highest BCUT2D eigenvalue weighted by atomic mass is 16.3. The zero-order chi connectivity index (χ0) is 11.3. The molecule has 0 aliphatic rings. The normalized spacial score (nSPS) is 13.1. The molecule has 0 bridgehead atoms. The van der Waals surface area contributed by atoms with Gasteiger partial charge in [-0.15, -0.1) is 0 Å². The van der Waals surface area contributed by atoms with Crippen molar-refractivity contribution in [3.8, 4) is 5.75 Å². The zero-order valence-corrected chi connectivity index (χ0v) is 9.90. The van der Waals surface area contributed by atoms with E-state index in [0.29, 0.717) is 11.8 Å². The fraction of sp³-hybridized carbons (Fsp3) is 0.538. The van der Waals surface area contributed by atoms with E-state index in [0.717, 1.165) is 6.54 Å². The second kappa shape index (κ2) is 5.76. The molecule has 1 unspecified atom stereocenters. The van der Waals surface area contributed by atoms with Crippen LogP contribution in [0.5, 0.6) is 5.75 Å². The van der Waals surface area contributed by atoms with Gasteiger partial charge in [-0.25, -0.2) is 0 Å². The first-order valence-corrected chi connectivity index (χ1v) is 5.64. The van der Waals surface area contributed by atoms with Crippen LogP contribution in [-0.4, -0.2) is 23.6 Å². The summed E-state index contributed by atoms with van der Waals surface area (Å²) in [4.78, 5) is 2.34. The SMILES string of the molecule is CCCCN(C)C(C)c1ccc(O)cc1. The predicted octanol–water partition coefficient (Wildman–Crippen LogP) is 3.19. The van der Waals surface area contributed by atoms with Gasteiger partial charge in [-0.2, -0.15) is 0 Å². The lowest BCUT2D eigenvalue weighted by atomic mass is 10.1. The maximum Gasteiger partial charge on any atom is 0.115 e. The van der Waals surface area contributed by atoms with Crippen LogP contribution in [0.25, 0.3) is 0 Å². The summed E-state index contributed by atoms with van der Waals surface area (Å²) in [5.74, 6) is 0.335. The van der Waals surface area contributed by atoms with Gasteiger partial charge < -0.3 is 5.11 Å². The van der Waals surface area contributed by atoms with E-state index in [-0.39, 0.29) is 0 Å². The van der Waals surface area contributed by atoms with Crippen molar-refractivity contribution < 1.29 is 5.11 Å². The van der Waals surface area contributed by atoms with Crippen molar-refractivity contribution in [1.29, 1.82) is 0 Å². The van der Waals surface area contributed by atoms with Crippen LogP contribution >= 0.6 is 0 Å². The number of aromatic hydroxyl groups is 1. The number of benzene rings is 1. The molecule has 84 valence electrons. The van der Waals surface area contributed by atoms with Gasteiger partial charge in [0.1, 0.15) is 5.75 Å². The molecular weight excluding hydrogens is 186 g/mol. The number of hydrogen-bond donors (Lipinski definition) is 1. The topological polar surface area (TPSA) is 23.5 Å². The largest absolute Gasteiger partial charge is 0.508 e. The van der Waals surface area contributed by atoms with Gasteiger partial charge in [0.25, 0.3) is 0 Å². The Morgan fingerprint density at radius 1 is 1.27 bits per heavy atom. The number of hydrogen-bond acceptors (Lipinski definition) is 2. The van der Waals surface area contributed by atoms with Crippen LogP contribution in [0.15, 0.2) is 24.3 Å². The summed E-state index contributed by atoms with van der Waals surface area (Å²) in [7, 11) is 2.15. The summed E-state index contributed by atoms with van der Waals surface area (Å²) in [6, 6.07) is 7.89. The third-order valence-electron chi connectivity index (χ3n) is 2.90. The highest BCUT2D eigenvalue weighted by molar-refractivity contribution is 5.27. The summed E-state index contributed by atoms with van der Waals surface area (Å²) in [5.41, 5.74) is 1.26. The van der Waals surface area contributed by atoms with Crippen molar-refractivity contribution in [3.05, 3.63) is 29.8 Å². The van der Waals surface area contributed by atoms with E-state index in [2.05, 4.69) is 25.8 Å². The maximum absolute atomic E-state index is 9.20. The average molecular weight is 207 g/mol. The van der Waals surface area contributed by atoms with E-state index in [1.54, 1.807) is 12.1 Å². The summed E-state index contributed by atoms with van der Waals surface area (Å²) < 4.78 is 0. The summed E-state index contributed by atoms with van der Waals surface area (Å²) >= 11 is 0. The smallest absolute Gasteiger partial charge is 0.115 e. The molecule has 0 saturated carbocycles. The van der Waals surface area contributed by atoms with Gasteiger partial charge in [0.2, 0.25) is 0 Å². The lowest BCUT2D eigenvalue weighted by molar-refractivity contribution is 0.257. The Bertz CT molecular complexity index is 281. The van der Waals surface area contributed by atoms with Crippen molar-refractivity contribution >= 4 is 0 Å². The van der Waals surface area contributed by atoms with Gasteiger partial charge in [0.05, 0.1) is 0 Å². The Hall–Kier alpha value is -1.02. The van der Waals surface area contributed by atoms with Crippen LogP contribution in [0.1, 0.15) is 38.3 Å². The Kier molecular flexibility index (Phi) is 4.63. The van der Waals surface area contributed by atoms with Crippen molar-refractivity contribution in [1.82, 2.24) is 4.90 Å². The maximum atomic E-state index is 9.20. The minimum atomic E-state index is 0.335. The van der Waals surface area contributed by atoms with Gasteiger partial charge in [-0.1, -0.05) is 25.5 Å². The monoisotopic (exact) mass is 207 g/mol. The number of phenolic OH excluding ortho intramolecular Hbond substituents is 1. The molecule has 2 heteroatoms. The first-order valence-electron chi connectivity index (χ1n) is 5.64. The van der Waals surface area contributed by atoms with E-state index in [4.69, 9.17) is 0 Å². The van der Waals surface area contributed by atoms with Crippen molar-refractivity contribution in [2.75, 3.05) is 13.6 Å². The molecule has 1 N–H and O–H groups in total. The van der Waals surface area contributed by atoms with Crippen LogP contribution in [0, 0.1) is 0 Å². The summed E-state index contributed by atoms with van der Waals surface area (Å²) in [5, 5.41) is 9.20. The highest BCUT2D eigenvalue weighted by Gasteiger charge is 2.10. The van der Waals surface area contributed by atoms with Gasteiger partial charge in [-0.3, -0.25) is 4.90 Å². The molecule has 0 aliphatic carbocycles. The Morgan fingerprint density at radius 2 is 1.87 bits per heavy atom. The Morgan fingerprint density at radius 3 is 2.40 bits per heavy atom. The molecule has 0 radical (unpaired) electrons. The third kappa shape index (κ3) is 3.56. The highest BCUT2D eigenvalue weighted by Crippen LogP contribution is 2.21. The number of nitrogens with zero attached hydrogens (tertiary/aromatic N) is 1. The fourth-order valence-corrected chi connectivity index (χ4v) is 1.61. The minimum Gasteiger partial charge on any atom is -0.508 e. The van der Waals surface area contributed by atoms with Crippen LogP contribution in [-0.2, 0) is 0 Å². The number of rotatable bonds is 5. The second-order valence-corrected chi connectivity index (χ2v) is 4.10. The molecule has 1 rings (SSSR count). The zero-order valence-electron chi connectivity index (χ0n) is 9.90. The molecular formula is C13H21NO. The molecule has 0 amide bonds. The van der Waals surface area contributed by atoms with Crippen molar-refractivity contribution in [2.45, 2.75) is 32.7 Å². The van der Waals surface area contributed by atoms with Crippen LogP contribution in [0.3, 0.4) is 0 Å². The molecule has 0 aromatic heterocycles. The Balaban J connectivity index is 2.59. The van der Waals surface area contributed by atoms with E-state index in [1.807, 2.05) is 12.1 Å². The van der Waals surface area contributed by atoms with Gasteiger partial charge in [0.15, 0.2) is 0 Å². The first-order chi connectivity index (χ1) is 7.15. The van der Waals surface area contributed by atoms with Crippen LogP contribution < -0.4 is 0 Å². The number of phenols is 1. The standard InChI is InChI=1S/C13H21NO/c1-4-5-10-14(3)11(2)12-6-8-13(15)9-7-12/h6-9,11,15H,4-5,10H2,1-3H3. The summed E-state index contributed by atoms with van der Waals surface area (Å²) in [6.45, 7) is 5.53. The van der Waals surface area contributed by atoms with Gasteiger partial charge in [-0.05, 0) is 44.6 Å². The summed E-state index contributed by atoms with van der Waals surface area (Å²) in [6.07, 6.45) is 2.46. The van der Waals surface area contributed by atoms with Crippen LogP contribution in [0.2, 0.25) is 0 Å². The molecule has 1 aromatic carbocycles. The lowest BCUT2D eigenvalue weighted by Crippen LogP contribution is -2.23. The molecule has 1 aromatic rings. The molecule has 15 heavy (non-hydrogen) atoms. The molecule has 0 saturated heterocycles. The minimum absolute atomic E-state index is 0.335. The third-order valence-corrected chi connectivity index (χ3v) is 2.90. The van der Waals surface area contributed by atoms with Crippen molar-refractivity contribution in [2.24, 2.45) is 0 Å². The van der Waals surface area contributed by atoms with Crippen LogP contribution in [0.4, 0.5) is 0 Å². The van der Waals surface area contributed by atoms with Crippen molar-refractivity contribution in [3.63, 3.8) is 0 Å². The first kappa shape index (κ1) is 12.1. The Labute approximate surface area is 92.5 Å². The average Bonchev–Trinajstić information content (AvgIpc) is 2.26. The molecule has 2 nitrogen and oxygen atoms in total. The molecule has 1 atom stereocenters. The predicted molar refractivity (Wildman–Crippen MR) is 64.1 cm³/mol. The van der Waals surface area contributed by atoms with E-state index < -0.39 is 0 Å². The molecule has 0 spiro atoms. The molecule has 0 heterocycles. The van der Waals surface area contributed by atoms with E-state index in [1.165, 1.54) is 18.4 Å². The lowest BCUT2D eigenvalue weighted by Gasteiger charge is -2.24. The van der Waals surface area contributed by atoms with E-state index >= 15 is 0 Å². The quantitative estimate of drug-likeness (QED) is 0.801. The fourth-order valence-electron chi connectivity index (χ4n) is 1.61. The van der Waals surface area contributed by atoms with E-state index in [9.17, 15) is 5.11 Å². The molecule has 0 aliphatic heterocycles.